The van der Waals surface area contributed by atoms with Crippen LogP contribution >= 0.6 is 11.8 Å². The van der Waals surface area contributed by atoms with Gasteiger partial charge in [0.15, 0.2) is 5.16 Å². The number of aromatic nitrogens is 2. The molecule has 1 aromatic rings. The number of hydrogen-bond acceptors (Lipinski definition) is 4. The third kappa shape index (κ3) is 2.47. The molecule has 0 aromatic carbocycles. The van der Waals surface area contributed by atoms with Crippen LogP contribution in [0.15, 0.2) is 11.4 Å². The van der Waals surface area contributed by atoms with Crippen molar-refractivity contribution in [1.29, 1.82) is 0 Å². The van der Waals surface area contributed by atoms with Gasteiger partial charge in [0, 0.05) is 18.5 Å². The van der Waals surface area contributed by atoms with Crippen LogP contribution in [0.1, 0.15) is 57.6 Å². The van der Waals surface area contributed by atoms with Gasteiger partial charge in [-0.15, -0.1) is 0 Å². The zero-order valence-electron chi connectivity index (χ0n) is 14.9. The van der Waals surface area contributed by atoms with Gasteiger partial charge < -0.3 is 15.0 Å². The number of nitrogens with one attached hydrogen (secondary N) is 1. The summed E-state index contributed by atoms with van der Waals surface area (Å²) in [5.74, 6) is 1.75. The van der Waals surface area contributed by atoms with E-state index in [0.29, 0.717) is 18.9 Å². The van der Waals surface area contributed by atoms with E-state index >= 15 is 0 Å². The van der Waals surface area contributed by atoms with Crippen molar-refractivity contribution in [3.63, 3.8) is 0 Å². The number of fused-ring (bicyclic) bond motifs is 1. The predicted octanol–water partition coefficient (Wildman–Crippen LogP) is 2.72. The maximum absolute atomic E-state index is 13.2. The molecule has 5 aliphatic rings. The lowest BCUT2D eigenvalue weighted by Gasteiger charge is -2.64. The molecule has 0 saturated heterocycles. The molecule has 1 aromatic heterocycles. The van der Waals surface area contributed by atoms with Crippen LogP contribution in [0.2, 0.25) is 0 Å². The van der Waals surface area contributed by atoms with Crippen LogP contribution in [0, 0.1) is 16.7 Å². The topological polar surface area (TPSA) is 67.2 Å². The molecule has 6 rings (SSSR count). The molecule has 2 heterocycles. The second kappa shape index (κ2) is 5.26. The van der Waals surface area contributed by atoms with Crippen LogP contribution in [-0.4, -0.2) is 31.9 Å². The first-order chi connectivity index (χ1) is 11.9. The van der Waals surface area contributed by atoms with Gasteiger partial charge in [-0.25, -0.2) is 4.98 Å². The van der Waals surface area contributed by atoms with Crippen molar-refractivity contribution >= 4 is 17.7 Å². The van der Waals surface area contributed by atoms with Gasteiger partial charge in [-0.1, -0.05) is 25.1 Å². The summed E-state index contributed by atoms with van der Waals surface area (Å²) in [6.45, 7) is 3.74. The smallest absolute Gasteiger partial charge is 0.226 e. The summed E-state index contributed by atoms with van der Waals surface area (Å²) in [7, 11) is 0. The first-order valence-corrected chi connectivity index (χ1v) is 10.6. The number of carbonyl (C=O) groups excluding carboxylic acids is 1. The fraction of sp³-hybridized carbons (Fsp3) is 0.789. The minimum atomic E-state index is -0.612. The minimum Gasteiger partial charge on any atom is -0.390 e. The van der Waals surface area contributed by atoms with Crippen molar-refractivity contribution in [3.05, 3.63) is 11.9 Å². The standard InChI is InChI=1S/C19H27N3O2S/c1-2-17-5-13-6-18(10-17,12-19(24,7-13)11-17)15(23)20-8-14-9-22-3-4-25-16(22)21-14/h9,13,24H,2-8,10-12H2,1H3,(H,20,23). The van der Waals surface area contributed by atoms with Crippen LogP contribution in [0.3, 0.4) is 0 Å². The molecule has 2 N–H and O–H groups in total. The molecule has 25 heavy (non-hydrogen) atoms. The van der Waals surface area contributed by atoms with E-state index in [1.807, 2.05) is 0 Å². The number of thioether (sulfide) groups is 1. The Bertz CT molecular complexity index is 713. The number of imidazole rings is 1. The van der Waals surface area contributed by atoms with E-state index in [4.69, 9.17) is 0 Å². The van der Waals surface area contributed by atoms with Gasteiger partial charge in [-0.3, -0.25) is 4.79 Å². The largest absolute Gasteiger partial charge is 0.390 e. The van der Waals surface area contributed by atoms with Crippen LogP contribution in [0.5, 0.6) is 0 Å². The fourth-order valence-corrected chi connectivity index (χ4v) is 7.60. The summed E-state index contributed by atoms with van der Waals surface area (Å²) >= 11 is 1.78. The van der Waals surface area contributed by atoms with Crippen LogP contribution in [0.4, 0.5) is 0 Å². The van der Waals surface area contributed by atoms with E-state index in [9.17, 15) is 9.90 Å². The first kappa shape index (κ1) is 16.2. The van der Waals surface area contributed by atoms with Gasteiger partial charge in [0.1, 0.15) is 0 Å². The molecule has 4 unspecified atom stereocenters. The van der Waals surface area contributed by atoms with Crippen molar-refractivity contribution < 1.29 is 9.90 Å². The Labute approximate surface area is 153 Å². The highest BCUT2D eigenvalue weighted by Crippen LogP contribution is 2.67. The van der Waals surface area contributed by atoms with Gasteiger partial charge in [0.2, 0.25) is 5.91 Å². The Hall–Kier alpha value is -1.01. The Balaban J connectivity index is 1.34. The highest BCUT2D eigenvalue weighted by molar-refractivity contribution is 7.99. The molecule has 6 heteroatoms. The number of nitrogens with zero attached hydrogens (tertiary/aromatic N) is 2. The first-order valence-electron chi connectivity index (χ1n) is 9.63. The van der Waals surface area contributed by atoms with Gasteiger partial charge in [-0.05, 0) is 49.9 Å². The molecular formula is C19H27N3O2S. The highest BCUT2D eigenvalue weighted by Gasteiger charge is 2.64. The lowest BCUT2D eigenvalue weighted by Crippen LogP contribution is -2.63. The number of amides is 1. The van der Waals surface area contributed by atoms with Crippen molar-refractivity contribution in [2.75, 3.05) is 5.75 Å². The maximum atomic E-state index is 13.2. The van der Waals surface area contributed by atoms with Gasteiger partial charge >= 0.3 is 0 Å². The molecule has 4 fully saturated rings. The molecule has 1 aliphatic heterocycles. The second-order valence-electron chi connectivity index (χ2n) is 9.11. The van der Waals surface area contributed by atoms with E-state index < -0.39 is 5.60 Å². The SMILES string of the molecule is CCC12CC3CC(O)(C1)CC(C(=O)NCc1cn4c(n1)SCC4)(C3)C2. The van der Waals surface area contributed by atoms with Crippen molar-refractivity contribution in [1.82, 2.24) is 14.9 Å². The van der Waals surface area contributed by atoms with Crippen molar-refractivity contribution in [3.8, 4) is 0 Å². The summed E-state index contributed by atoms with van der Waals surface area (Å²) in [5.41, 5.74) is 0.155. The monoisotopic (exact) mass is 361 g/mol. The van der Waals surface area contributed by atoms with Crippen molar-refractivity contribution in [2.24, 2.45) is 16.7 Å². The second-order valence-corrected chi connectivity index (χ2v) is 10.2. The Morgan fingerprint density at radius 3 is 3.04 bits per heavy atom. The normalized spacial score (nSPS) is 41.1. The molecular weight excluding hydrogens is 334 g/mol. The molecule has 4 atom stereocenters. The fourth-order valence-electron chi connectivity index (χ4n) is 6.64. The Morgan fingerprint density at radius 1 is 1.40 bits per heavy atom. The Morgan fingerprint density at radius 2 is 2.28 bits per heavy atom. The van der Waals surface area contributed by atoms with E-state index in [2.05, 4.69) is 28.0 Å². The summed E-state index contributed by atoms with van der Waals surface area (Å²) in [4.78, 5) is 17.8. The third-order valence-electron chi connectivity index (χ3n) is 7.17. The summed E-state index contributed by atoms with van der Waals surface area (Å²) < 4.78 is 2.17. The van der Waals surface area contributed by atoms with E-state index in [-0.39, 0.29) is 16.7 Å². The predicted molar refractivity (Wildman–Crippen MR) is 96.1 cm³/mol. The number of hydrogen-bond donors (Lipinski definition) is 2. The lowest BCUT2D eigenvalue weighted by molar-refractivity contribution is -0.204. The number of aryl methyl sites for hydroxylation is 1. The summed E-state index contributed by atoms with van der Waals surface area (Å²) in [6, 6.07) is 0. The average molecular weight is 362 g/mol. The van der Waals surface area contributed by atoms with Crippen LogP contribution in [-0.2, 0) is 17.9 Å². The molecule has 0 radical (unpaired) electrons. The van der Waals surface area contributed by atoms with Crippen molar-refractivity contribution in [2.45, 2.75) is 75.7 Å². The number of aliphatic hydroxyl groups is 1. The molecule has 1 amide bonds. The summed E-state index contributed by atoms with van der Waals surface area (Å²) in [5, 5.41) is 15.3. The zero-order chi connectivity index (χ0) is 17.3. The molecule has 4 saturated carbocycles. The van der Waals surface area contributed by atoms with E-state index in [0.717, 1.165) is 55.3 Å². The van der Waals surface area contributed by atoms with Gasteiger partial charge in [0.25, 0.3) is 0 Å². The van der Waals surface area contributed by atoms with Gasteiger partial charge in [-0.2, -0.15) is 0 Å². The molecule has 5 nitrogen and oxygen atoms in total. The third-order valence-corrected chi connectivity index (χ3v) is 8.14. The van der Waals surface area contributed by atoms with Gasteiger partial charge in [0.05, 0.1) is 23.3 Å². The Kier molecular flexibility index (Phi) is 3.40. The van der Waals surface area contributed by atoms with Crippen LogP contribution in [0.25, 0.3) is 0 Å². The lowest BCUT2D eigenvalue weighted by atomic mass is 9.42. The minimum absolute atomic E-state index is 0.147. The number of carbonyl (C=O) groups is 1. The highest BCUT2D eigenvalue weighted by atomic mass is 32.2. The summed E-state index contributed by atoms with van der Waals surface area (Å²) in [6.07, 6.45) is 8.70. The van der Waals surface area contributed by atoms with E-state index in [1.165, 1.54) is 6.42 Å². The molecule has 0 spiro atoms. The molecule has 4 bridgehead atoms. The molecule has 136 valence electrons. The quantitative estimate of drug-likeness (QED) is 0.865. The van der Waals surface area contributed by atoms with E-state index in [1.54, 1.807) is 11.8 Å². The number of rotatable bonds is 4. The molecule has 4 aliphatic carbocycles. The zero-order valence-corrected chi connectivity index (χ0v) is 15.7. The maximum Gasteiger partial charge on any atom is 0.226 e. The van der Waals surface area contributed by atoms with Crippen LogP contribution < -0.4 is 5.32 Å². The average Bonchev–Trinajstić information content (AvgIpc) is 3.11.